The smallest absolute Gasteiger partial charge is 0.241 e. The number of anilines is 1. The van der Waals surface area contributed by atoms with Crippen molar-refractivity contribution < 1.29 is 9.53 Å². The van der Waals surface area contributed by atoms with E-state index in [1.54, 1.807) is 24.2 Å². The predicted octanol–water partition coefficient (Wildman–Crippen LogP) is 0.451. The number of rotatable bonds is 6. The van der Waals surface area contributed by atoms with E-state index in [4.69, 9.17) is 10.5 Å². The highest BCUT2D eigenvalue weighted by atomic mass is 16.5. The molecular formula is C11H20N4O2. The SMILES string of the molecule is COCCn1cc(NC(=O)[C@@H](N)C(C)C)cn1. The molecule has 6 nitrogen and oxygen atoms in total. The summed E-state index contributed by atoms with van der Waals surface area (Å²) in [7, 11) is 1.63. The highest BCUT2D eigenvalue weighted by molar-refractivity contribution is 5.94. The fraction of sp³-hybridized carbons (Fsp3) is 0.636. The van der Waals surface area contributed by atoms with Crippen LogP contribution in [0.2, 0.25) is 0 Å². The Morgan fingerprint density at radius 2 is 2.35 bits per heavy atom. The molecule has 1 rings (SSSR count). The minimum absolute atomic E-state index is 0.110. The molecule has 17 heavy (non-hydrogen) atoms. The molecule has 0 saturated heterocycles. The van der Waals surface area contributed by atoms with E-state index in [1.807, 2.05) is 13.8 Å². The van der Waals surface area contributed by atoms with E-state index in [0.717, 1.165) is 0 Å². The maximum absolute atomic E-state index is 11.7. The highest BCUT2D eigenvalue weighted by Crippen LogP contribution is 2.07. The van der Waals surface area contributed by atoms with E-state index >= 15 is 0 Å². The van der Waals surface area contributed by atoms with Crippen LogP contribution >= 0.6 is 0 Å². The quantitative estimate of drug-likeness (QED) is 0.756. The van der Waals surface area contributed by atoms with Crippen LogP contribution < -0.4 is 11.1 Å². The van der Waals surface area contributed by atoms with E-state index in [9.17, 15) is 4.79 Å². The molecule has 6 heteroatoms. The summed E-state index contributed by atoms with van der Waals surface area (Å²) in [5, 5.41) is 6.82. The molecule has 0 unspecified atom stereocenters. The first-order chi connectivity index (χ1) is 8.04. The summed E-state index contributed by atoms with van der Waals surface area (Å²) in [6, 6.07) is -0.502. The van der Waals surface area contributed by atoms with Crippen molar-refractivity contribution in [3.63, 3.8) is 0 Å². The minimum atomic E-state index is -0.502. The third-order valence-electron chi connectivity index (χ3n) is 2.45. The molecule has 1 aromatic heterocycles. The second kappa shape index (κ2) is 6.36. The molecule has 0 radical (unpaired) electrons. The van der Waals surface area contributed by atoms with E-state index in [1.165, 1.54) is 0 Å². The zero-order valence-corrected chi connectivity index (χ0v) is 10.5. The lowest BCUT2D eigenvalue weighted by molar-refractivity contribution is -0.118. The molecule has 1 heterocycles. The lowest BCUT2D eigenvalue weighted by Crippen LogP contribution is -2.39. The molecule has 0 bridgehead atoms. The molecule has 1 atom stereocenters. The Morgan fingerprint density at radius 3 is 2.94 bits per heavy atom. The second-order valence-corrected chi connectivity index (χ2v) is 4.24. The summed E-state index contributed by atoms with van der Waals surface area (Å²) in [6.07, 6.45) is 3.35. The molecule has 0 aliphatic rings. The van der Waals surface area contributed by atoms with Gasteiger partial charge in [-0.25, -0.2) is 0 Å². The summed E-state index contributed by atoms with van der Waals surface area (Å²) in [4.78, 5) is 11.7. The largest absolute Gasteiger partial charge is 0.383 e. The minimum Gasteiger partial charge on any atom is -0.383 e. The van der Waals surface area contributed by atoms with Gasteiger partial charge in [0.1, 0.15) is 0 Å². The van der Waals surface area contributed by atoms with Crippen LogP contribution in [0.4, 0.5) is 5.69 Å². The van der Waals surface area contributed by atoms with Crippen molar-refractivity contribution in [1.29, 1.82) is 0 Å². The molecular weight excluding hydrogens is 220 g/mol. The third kappa shape index (κ3) is 4.16. The Morgan fingerprint density at radius 1 is 1.65 bits per heavy atom. The first-order valence-corrected chi connectivity index (χ1v) is 5.62. The molecule has 3 N–H and O–H groups in total. The standard InChI is InChI=1S/C11H20N4O2/c1-8(2)10(12)11(16)14-9-6-13-15(7-9)4-5-17-3/h6-8,10H,4-5,12H2,1-3H3,(H,14,16)/t10-/m0/s1. The maximum atomic E-state index is 11.7. The van der Waals surface area contributed by atoms with Crippen LogP contribution in [0.25, 0.3) is 0 Å². The van der Waals surface area contributed by atoms with Gasteiger partial charge in [-0.05, 0) is 5.92 Å². The molecule has 0 saturated carbocycles. The third-order valence-corrected chi connectivity index (χ3v) is 2.45. The normalized spacial score (nSPS) is 12.8. The van der Waals surface area contributed by atoms with Gasteiger partial charge in [0.25, 0.3) is 0 Å². The molecule has 1 amide bonds. The van der Waals surface area contributed by atoms with E-state index in [0.29, 0.717) is 18.8 Å². The first-order valence-electron chi connectivity index (χ1n) is 5.62. The molecule has 1 aromatic rings. The van der Waals surface area contributed by atoms with Crippen LogP contribution in [0, 0.1) is 5.92 Å². The number of carbonyl (C=O) groups excluding carboxylic acids is 1. The van der Waals surface area contributed by atoms with Crippen molar-refractivity contribution in [1.82, 2.24) is 9.78 Å². The van der Waals surface area contributed by atoms with Gasteiger partial charge in [-0.15, -0.1) is 0 Å². The van der Waals surface area contributed by atoms with Gasteiger partial charge >= 0.3 is 0 Å². The number of nitrogens with two attached hydrogens (primary N) is 1. The first kappa shape index (κ1) is 13.7. The number of hydrogen-bond donors (Lipinski definition) is 2. The average Bonchev–Trinajstić information content (AvgIpc) is 2.72. The number of methoxy groups -OCH3 is 1. The lowest BCUT2D eigenvalue weighted by Gasteiger charge is -2.14. The van der Waals surface area contributed by atoms with Gasteiger partial charge in [-0.1, -0.05) is 13.8 Å². The van der Waals surface area contributed by atoms with Crippen LogP contribution in [-0.2, 0) is 16.1 Å². The van der Waals surface area contributed by atoms with E-state index in [2.05, 4.69) is 10.4 Å². The zero-order valence-electron chi connectivity index (χ0n) is 10.5. The van der Waals surface area contributed by atoms with Crippen molar-refractivity contribution in [2.45, 2.75) is 26.4 Å². The van der Waals surface area contributed by atoms with Crippen molar-refractivity contribution >= 4 is 11.6 Å². The highest BCUT2D eigenvalue weighted by Gasteiger charge is 2.17. The number of carbonyl (C=O) groups is 1. The fourth-order valence-electron chi connectivity index (χ4n) is 1.26. The summed E-state index contributed by atoms with van der Waals surface area (Å²) >= 11 is 0. The van der Waals surface area contributed by atoms with Crippen molar-refractivity contribution in [2.24, 2.45) is 11.7 Å². The van der Waals surface area contributed by atoms with Gasteiger partial charge in [0, 0.05) is 13.3 Å². The van der Waals surface area contributed by atoms with Crippen molar-refractivity contribution in [3.8, 4) is 0 Å². The number of amides is 1. The zero-order chi connectivity index (χ0) is 12.8. The summed E-state index contributed by atoms with van der Waals surface area (Å²) < 4.78 is 6.65. The number of hydrogen-bond acceptors (Lipinski definition) is 4. The molecule has 0 aliphatic carbocycles. The van der Waals surface area contributed by atoms with E-state index < -0.39 is 6.04 Å². The summed E-state index contributed by atoms with van der Waals surface area (Å²) in [6.45, 7) is 5.06. The number of aromatic nitrogens is 2. The Kier molecular flexibility index (Phi) is 5.11. The Labute approximate surface area is 101 Å². The summed E-state index contributed by atoms with van der Waals surface area (Å²) in [5.74, 6) is -0.0789. The second-order valence-electron chi connectivity index (χ2n) is 4.24. The van der Waals surface area contributed by atoms with Crippen LogP contribution in [0.5, 0.6) is 0 Å². The molecule has 96 valence electrons. The fourth-order valence-corrected chi connectivity index (χ4v) is 1.26. The van der Waals surface area contributed by atoms with Crippen molar-refractivity contribution in [3.05, 3.63) is 12.4 Å². The molecule has 0 fully saturated rings. The Bertz CT molecular complexity index is 362. The van der Waals surface area contributed by atoms with Crippen LogP contribution in [0.1, 0.15) is 13.8 Å². The molecule has 0 aromatic carbocycles. The number of nitrogens with one attached hydrogen (secondary N) is 1. The Hall–Kier alpha value is -1.40. The average molecular weight is 240 g/mol. The van der Waals surface area contributed by atoms with Gasteiger partial charge in [0.2, 0.25) is 5.91 Å². The van der Waals surface area contributed by atoms with Gasteiger partial charge in [0.15, 0.2) is 0 Å². The van der Waals surface area contributed by atoms with E-state index in [-0.39, 0.29) is 11.8 Å². The van der Waals surface area contributed by atoms with Gasteiger partial charge in [0.05, 0.1) is 31.1 Å². The lowest BCUT2D eigenvalue weighted by atomic mass is 10.1. The van der Waals surface area contributed by atoms with Gasteiger partial charge < -0.3 is 15.8 Å². The van der Waals surface area contributed by atoms with Crippen molar-refractivity contribution in [2.75, 3.05) is 19.0 Å². The number of ether oxygens (including phenoxy) is 1. The maximum Gasteiger partial charge on any atom is 0.241 e. The van der Waals surface area contributed by atoms with Gasteiger partial charge in [-0.3, -0.25) is 9.48 Å². The monoisotopic (exact) mass is 240 g/mol. The van der Waals surface area contributed by atoms with Crippen LogP contribution in [0.15, 0.2) is 12.4 Å². The molecule has 0 aliphatic heterocycles. The summed E-state index contributed by atoms with van der Waals surface area (Å²) in [5.41, 5.74) is 6.39. The van der Waals surface area contributed by atoms with Crippen LogP contribution in [-0.4, -0.2) is 35.4 Å². The topological polar surface area (TPSA) is 82.2 Å². The molecule has 0 spiro atoms. The van der Waals surface area contributed by atoms with Gasteiger partial charge in [-0.2, -0.15) is 5.10 Å². The Balaban J connectivity index is 2.51. The van der Waals surface area contributed by atoms with Crippen LogP contribution in [0.3, 0.4) is 0 Å². The predicted molar refractivity (Wildman–Crippen MR) is 65.5 cm³/mol. The number of nitrogens with zero attached hydrogens (tertiary/aromatic N) is 2.